The van der Waals surface area contributed by atoms with Gasteiger partial charge in [0.15, 0.2) is 0 Å². The molecule has 0 saturated heterocycles. The molecule has 86 valence electrons. The molecule has 0 aliphatic carbocycles. The number of carbonyl (C=O) groups excluding carboxylic acids is 1. The third-order valence-electron chi connectivity index (χ3n) is 2.10. The van der Waals surface area contributed by atoms with Gasteiger partial charge in [0.25, 0.3) is 5.91 Å². The van der Waals surface area contributed by atoms with Gasteiger partial charge < -0.3 is 11.1 Å². The van der Waals surface area contributed by atoms with Gasteiger partial charge in [0.2, 0.25) is 0 Å². The van der Waals surface area contributed by atoms with Crippen molar-refractivity contribution in [3.05, 3.63) is 34.3 Å². The van der Waals surface area contributed by atoms with Gasteiger partial charge in [0, 0.05) is 23.6 Å². The Labute approximate surface area is 105 Å². The van der Waals surface area contributed by atoms with Gasteiger partial charge in [-0.05, 0) is 24.6 Å². The smallest absolute Gasteiger partial charge is 0.251 e. The molecular formula is C11H13ClN2OS. The molecule has 1 rings (SSSR count). The summed E-state index contributed by atoms with van der Waals surface area (Å²) in [7, 11) is 0. The van der Waals surface area contributed by atoms with E-state index in [0.717, 1.165) is 5.56 Å². The van der Waals surface area contributed by atoms with Crippen LogP contribution in [0.3, 0.4) is 0 Å². The molecule has 0 aromatic heterocycles. The Morgan fingerprint density at radius 2 is 2.25 bits per heavy atom. The number of amides is 1. The molecule has 0 bridgehead atoms. The van der Waals surface area contributed by atoms with Gasteiger partial charge in [-0.3, -0.25) is 4.79 Å². The van der Waals surface area contributed by atoms with E-state index in [9.17, 15) is 4.79 Å². The van der Waals surface area contributed by atoms with E-state index in [4.69, 9.17) is 29.6 Å². The lowest BCUT2D eigenvalue weighted by molar-refractivity contribution is 0.0954. The number of halogens is 1. The highest BCUT2D eigenvalue weighted by atomic mass is 35.5. The Morgan fingerprint density at radius 3 is 2.88 bits per heavy atom. The largest absolute Gasteiger partial charge is 0.393 e. The van der Waals surface area contributed by atoms with Crippen molar-refractivity contribution >= 4 is 34.7 Å². The molecule has 0 heterocycles. The summed E-state index contributed by atoms with van der Waals surface area (Å²) in [5.74, 6) is -0.156. The number of nitrogens with one attached hydrogen (secondary N) is 1. The number of nitrogens with two attached hydrogens (primary N) is 1. The van der Waals surface area contributed by atoms with Crippen molar-refractivity contribution < 1.29 is 4.79 Å². The van der Waals surface area contributed by atoms with Crippen molar-refractivity contribution in [2.45, 2.75) is 13.3 Å². The van der Waals surface area contributed by atoms with Crippen LogP contribution < -0.4 is 11.1 Å². The monoisotopic (exact) mass is 256 g/mol. The summed E-state index contributed by atoms with van der Waals surface area (Å²) in [6, 6.07) is 5.21. The topological polar surface area (TPSA) is 55.1 Å². The summed E-state index contributed by atoms with van der Waals surface area (Å²) in [5, 5.41) is 3.28. The average molecular weight is 257 g/mol. The zero-order valence-corrected chi connectivity index (χ0v) is 10.5. The van der Waals surface area contributed by atoms with E-state index in [1.54, 1.807) is 12.1 Å². The molecule has 0 saturated carbocycles. The van der Waals surface area contributed by atoms with Crippen LogP contribution in [-0.4, -0.2) is 17.4 Å². The van der Waals surface area contributed by atoms with E-state index in [0.29, 0.717) is 28.5 Å². The fourth-order valence-corrected chi connectivity index (χ4v) is 1.51. The number of benzene rings is 1. The van der Waals surface area contributed by atoms with E-state index in [2.05, 4.69) is 5.32 Å². The summed E-state index contributed by atoms with van der Waals surface area (Å²) >= 11 is 10.5. The van der Waals surface area contributed by atoms with E-state index < -0.39 is 0 Å². The fourth-order valence-electron chi connectivity index (χ4n) is 1.23. The van der Waals surface area contributed by atoms with Gasteiger partial charge in [-0.25, -0.2) is 0 Å². The van der Waals surface area contributed by atoms with Crippen molar-refractivity contribution in [3.8, 4) is 0 Å². The standard InChI is InChI=1S/C11H13ClN2OS/c1-7-2-3-8(12)6-9(7)11(15)14-5-4-10(13)16/h2-3,6H,4-5H2,1H3,(H2,13,16)(H,14,15). The zero-order valence-electron chi connectivity index (χ0n) is 8.92. The molecule has 16 heavy (non-hydrogen) atoms. The lowest BCUT2D eigenvalue weighted by Crippen LogP contribution is -2.27. The number of hydrogen-bond acceptors (Lipinski definition) is 2. The molecule has 0 aliphatic heterocycles. The Kier molecular flexibility index (Phi) is 4.71. The van der Waals surface area contributed by atoms with Crippen LogP contribution in [0.2, 0.25) is 5.02 Å². The molecule has 0 atom stereocenters. The number of aryl methyl sites for hydroxylation is 1. The number of rotatable bonds is 4. The maximum Gasteiger partial charge on any atom is 0.251 e. The molecule has 5 heteroatoms. The van der Waals surface area contributed by atoms with Gasteiger partial charge in [0.05, 0.1) is 4.99 Å². The molecule has 3 N–H and O–H groups in total. The van der Waals surface area contributed by atoms with Crippen LogP contribution in [-0.2, 0) is 0 Å². The minimum atomic E-state index is -0.156. The second-order valence-electron chi connectivity index (χ2n) is 3.43. The Morgan fingerprint density at radius 1 is 1.56 bits per heavy atom. The van der Waals surface area contributed by atoms with Gasteiger partial charge in [0.1, 0.15) is 0 Å². The second kappa shape index (κ2) is 5.82. The summed E-state index contributed by atoms with van der Waals surface area (Å²) in [6.45, 7) is 2.30. The Bertz CT molecular complexity index is 420. The molecule has 3 nitrogen and oxygen atoms in total. The minimum Gasteiger partial charge on any atom is -0.393 e. The first kappa shape index (κ1) is 12.9. The van der Waals surface area contributed by atoms with Crippen LogP contribution in [0.1, 0.15) is 22.3 Å². The Hall–Kier alpha value is -1.13. The summed E-state index contributed by atoms with van der Waals surface area (Å²) < 4.78 is 0. The highest BCUT2D eigenvalue weighted by Crippen LogP contribution is 2.15. The first-order chi connectivity index (χ1) is 7.50. The van der Waals surface area contributed by atoms with E-state index in [1.807, 2.05) is 13.0 Å². The molecule has 0 spiro atoms. The molecule has 1 amide bonds. The van der Waals surface area contributed by atoms with Gasteiger partial charge in [-0.1, -0.05) is 29.9 Å². The van der Waals surface area contributed by atoms with E-state index in [-0.39, 0.29) is 5.91 Å². The number of thiocarbonyl (C=S) groups is 1. The molecule has 0 unspecified atom stereocenters. The van der Waals surface area contributed by atoms with Crippen LogP contribution in [0.25, 0.3) is 0 Å². The molecular weight excluding hydrogens is 244 g/mol. The molecule has 0 radical (unpaired) electrons. The molecule has 1 aromatic rings. The van der Waals surface area contributed by atoms with Crippen molar-refractivity contribution in [2.75, 3.05) is 6.54 Å². The fraction of sp³-hybridized carbons (Fsp3) is 0.273. The average Bonchev–Trinajstić information content (AvgIpc) is 2.21. The number of hydrogen-bond donors (Lipinski definition) is 2. The maximum atomic E-state index is 11.7. The first-order valence-electron chi connectivity index (χ1n) is 4.83. The first-order valence-corrected chi connectivity index (χ1v) is 5.62. The van der Waals surface area contributed by atoms with Crippen molar-refractivity contribution in [3.63, 3.8) is 0 Å². The Balaban J connectivity index is 2.65. The predicted molar refractivity (Wildman–Crippen MR) is 69.9 cm³/mol. The number of carbonyl (C=O) groups is 1. The van der Waals surface area contributed by atoms with Crippen LogP contribution in [0.5, 0.6) is 0 Å². The third-order valence-corrected chi connectivity index (χ3v) is 2.54. The quantitative estimate of drug-likeness (QED) is 0.811. The highest BCUT2D eigenvalue weighted by Gasteiger charge is 2.08. The van der Waals surface area contributed by atoms with Crippen LogP contribution >= 0.6 is 23.8 Å². The van der Waals surface area contributed by atoms with Gasteiger partial charge in [-0.15, -0.1) is 0 Å². The third kappa shape index (κ3) is 3.79. The van der Waals surface area contributed by atoms with Gasteiger partial charge >= 0.3 is 0 Å². The molecule has 0 aliphatic rings. The summed E-state index contributed by atoms with van der Waals surface area (Å²) in [4.78, 5) is 12.1. The van der Waals surface area contributed by atoms with Crippen LogP contribution in [0.15, 0.2) is 18.2 Å². The zero-order chi connectivity index (χ0) is 12.1. The van der Waals surface area contributed by atoms with Crippen molar-refractivity contribution in [1.29, 1.82) is 0 Å². The lowest BCUT2D eigenvalue weighted by atomic mass is 10.1. The normalized spacial score (nSPS) is 9.88. The van der Waals surface area contributed by atoms with Crippen LogP contribution in [0.4, 0.5) is 0 Å². The second-order valence-corrected chi connectivity index (χ2v) is 4.39. The highest BCUT2D eigenvalue weighted by molar-refractivity contribution is 7.80. The molecule has 0 fully saturated rings. The summed E-state index contributed by atoms with van der Waals surface area (Å²) in [5.41, 5.74) is 6.80. The van der Waals surface area contributed by atoms with E-state index >= 15 is 0 Å². The van der Waals surface area contributed by atoms with E-state index in [1.165, 1.54) is 0 Å². The minimum absolute atomic E-state index is 0.156. The van der Waals surface area contributed by atoms with Gasteiger partial charge in [-0.2, -0.15) is 0 Å². The predicted octanol–water partition coefficient (Wildman–Crippen LogP) is 2.05. The SMILES string of the molecule is Cc1ccc(Cl)cc1C(=O)NCCC(N)=S. The van der Waals surface area contributed by atoms with Crippen molar-refractivity contribution in [1.82, 2.24) is 5.32 Å². The maximum absolute atomic E-state index is 11.7. The summed E-state index contributed by atoms with van der Waals surface area (Å²) in [6.07, 6.45) is 0.501. The molecule has 1 aromatic carbocycles. The lowest BCUT2D eigenvalue weighted by Gasteiger charge is -2.07. The van der Waals surface area contributed by atoms with Crippen molar-refractivity contribution in [2.24, 2.45) is 5.73 Å². The van der Waals surface area contributed by atoms with Crippen LogP contribution in [0, 0.1) is 6.92 Å².